The monoisotopic (exact) mass is 374 g/mol. The van der Waals surface area contributed by atoms with Crippen molar-refractivity contribution >= 4 is 11.9 Å². The summed E-state index contributed by atoms with van der Waals surface area (Å²) in [4.78, 5) is 24.4. The van der Waals surface area contributed by atoms with Gasteiger partial charge in [0.25, 0.3) is 5.91 Å². The molecule has 2 atom stereocenters. The lowest BCUT2D eigenvalue weighted by molar-refractivity contribution is -0.144. The summed E-state index contributed by atoms with van der Waals surface area (Å²) in [5.41, 5.74) is 2.59. The fourth-order valence-electron chi connectivity index (χ4n) is 2.50. The van der Waals surface area contributed by atoms with Gasteiger partial charge < -0.3 is 10.1 Å². The third-order valence-electron chi connectivity index (χ3n) is 4.47. The van der Waals surface area contributed by atoms with Gasteiger partial charge >= 0.3 is 5.97 Å². The maximum atomic E-state index is 12.5. The molecule has 2 aromatic carbocycles. The molecule has 5 heteroatoms. The first kappa shape index (κ1) is 20.7. The number of rotatable bonds is 5. The van der Waals surface area contributed by atoms with Crippen molar-refractivity contribution in [3.8, 4) is 17.9 Å². The van der Waals surface area contributed by atoms with Crippen molar-refractivity contribution in [3.63, 3.8) is 0 Å². The Morgan fingerprint density at radius 3 is 1.96 bits per heavy atom. The first-order chi connectivity index (χ1) is 13.5. The van der Waals surface area contributed by atoms with Crippen molar-refractivity contribution in [2.75, 3.05) is 7.11 Å². The minimum absolute atomic E-state index is 0.0334. The van der Waals surface area contributed by atoms with E-state index in [1.54, 1.807) is 48.5 Å². The highest BCUT2D eigenvalue weighted by Crippen LogP contribution is 2.11. The van der Waals surface area contributed by atoms with E-state index in [1.165, 1.54) is 7.11 Å². The first-order valence-electron chi connectivity index (χ1n) is 8.99. The van der Waals surface area contributed by atoms with Gasteiger partial charge in [0.05, 0.1) is 18.7 Å². The third-order valence-corrected chi connectivity index (χ3v) is 4.47. The number of methoxy groups -OCH3 is 1. The summed E-state index contributed by atoms with van der Waals surface area (Å²) in [6.07, 6.45) is 0.740. The molecule has 28 heavy (non-hydrogen) atoms. The van der Waals surface area contributed by atoms with Crippen LogP contribution in [0.25, 0.3) is 0 Å². The second kappa shape index (κ2) is 9.94. The molecule has 0 fully saturated rings. The number of nitriles is 1. The molecule has 5 nitrogen and oxygen atoms in total. The van der Waals surface area contributed by atoms with Crippen molar-refractivity contribution in [2.45, 2.75) is 26.3 Å². The van der Waals surface area contributed by atoms with Crippen LogP contribution >= 0.6 is 0 Å². The van der Waals surface area contributed by atoms with Crippen LogP contribution in [0.15, 0.2) is 48.5 Å². The zero-order valence-corrected chi connectivity index (χ0v) is 16.2. The van der Waals surface area contributed by atoms with Crippen LogP contribution in [-0.4, -0.2) is 25.0 Å². The molecule has 0 aliphatic rings. The number of amides is 1. The number of nitrogens with one attached hydrogen (secondary N) is 1. The molecule has 0 saturated carbocycles. The van der Waals surface area contributed by atoms with Gasteiger partial charge in [-0.05, 0) is 54.4 Å². The number of esters is 1. The van der Waals surface area contributed by atoms with Crippen LogP contribution in [0.2, 0.25) is 0 Å². The van der Waals surface area contributed by atoms with E-state index < -0.39 is 12.0 Å². The largest absolute Gasteiger partial charge is 0.467 e. The Morgan fingerprint density at radius 2 is 1.50 bits per heavy atom. The van der Waals surface area contributed by atoms with Gasteiger partial charge in [0.15, 0.2) is 0 Å². The summed E-state index contributed by atoms with van der Waals surface area (Å²) in [5.74, 6) is 5.22. The molecule has 1 N–H and O–H groups in total. The second-order valence-electron chi connectivity index (χ2n) is 6.38. The zero-order chi connectivity index (χ0) is 20.5. The number of ether oxygens (including phenoxy) is 1. The Kier molecular flexibility index (Phi) is 7.37. The summed E-state index contributed by atoms with van der Waals surface area (Å²) < 4.78 is 4.79. The smallest absolute Gasteiger partial charge is 0.328 e. The van der Waals surface area contributed by atoms with Gasteiger partial charge in [-0.25, -0.2) is 4.79 Å². The van der Waals surface area contributed by atoms with Crippen LogP contribution in [0.4, 0.5) is 0 Å². The quantitative estimate of drug-likeness (QED) is 0.643. The molecule has 142 valence electrons. The molecule has 0 heterocycles. The summed E-state index contributed by atoms with van der Waals surface area (Å²) in [6, 6.07) is 15.2. The van der Waals surface area contributed by atoms with Crippen molar-refractivity contribution in [1.82, 2.24) is 5.32 Å². The Morgan fingerprint density at radius 1 is 1.00 bits per heavy atom. The lowest BCUT2D eigenvalue weighted by atomic mass is 9.98. The van der Waals surface area contributed by atoms with Crippen LogP contribution in [0.5, 0.6) is 0 Å². The number of nitrogens with zero attached hydrogens (tertiary/aromatic N) is 1. The first-order valence-corrected chi connectivity index (χ1v) is 8.99. The van der Waals surface area contributed by atoms with Crippen molar-refractivity contribution < 1.29 is 14.3 Å². The molecule has 0 aliphatic heterocycles. The maximum absolute atomic E-state index is 12.5. The van der Waals surface area contributed by atoms with Crippen molar-refractivity contribution in [3.05, 3.63) is 70.8 Å². The molecule has 0 unspecified atom stereocenters. The molecule has 2 aromatic rings. The van der Waals surface area contributed by atoms with E-state index in [-0.39, 0.29) is 11.8 Å². The minimum atomic E-state index is -0.682. The molecule has 1 amide bonds. The predicted octanol–water partition coefficient (Wildman–Crippen LogP) is 3.28. The summed E-state index contributed by atoms with van der Waals surface area (Å²) in [7, 11) is 1.31. The highest BCUT2D eigenvalue weighted by Gasteiger charge is 2.26. The van der Waals surface area contributed by atoms with Crippen LogP contribution in [0, 0.1) is 29.1 Å². The van der Waals surface area contributed by atoms with Gasteiger partial charge in [0.1, 0.15) is 6.04 Å². The fourth-order valence-corrected chi connectivity index (χ4v) is 2.50. The van der Waals surface area contributed by atoms with Crippen molar-refractivity contribution in [2.24, 2.45) is 5.92 Å². The maximum Gasteiger partial charge on any atom is 0.328 e. The Labute approximate surface area is 165 Å². The third kappa shape index (κ3) is 5.46. The van der Waals surface area contributed by atoms with Gasteiger partial charge in [-0.1, -0.05) is 32.1 Å². The van der Waals surface area contributed by atoms with E-state index in [2.05, 4.69) is 23.2 Å². The Balaban J connectivity index is 2.09. The summed E-state index contributed by atoms with van der Waals surface area (Å²) >= 11 is 0. The van der Waals surface area contributed by atoms with Crippen LogP contribution < -0.4 is 5.32 Å². The van der Waals surface area contributed by atoms with E-state index in [4.69, 9.17) is 10.00 Å². The van der Waals surface area contributed by atoms with E-state index in [0.29, 0.717) is 11.1 Å². The van der Waals surface area contributed by atoms with Crippen LogP contribution in [0.1, 0.15) is 47.3 Å². The predicted molar refractivity (Wildman–Crippen MR) is 106 cm³/mol. The molecule has 0 aromatic heterocycles. The van der Waals surface area contributed by atoms with Gasteiger partial charge in [-0.15, -0.1) is 0 Å². The van der Waals surface area contributed by atoms with E-state index >= 15 is 0 Å². The molecule has 0 aliphatic carbocycles. The molecule has 0 radical (unpaired) electrons. The van der Waals surface area contributed by atoms with Gasteiger partial charge in [0, 0.05) is 16.7 Å². The molecule has 0 spiro atoms. The van der Waals surface area contributed by atoms with Crippen LogP contribution in [0.3, 0.4) is 0 Å². The lowest BCUT2D eigenvalue weighted by Gasteiger charge is -2.21. The number of hydrogen-bond donors (Lipinski definition) is 1. The van der Waals surface area contributed by atoms with Gasteiger partial charge in [-0.3, -0.25) is 4.79 Å². The minimum Gasteiger partial charge on any atom is -0.467 e. The molecular weight excluding hydrogens is 352 g/mol. The lowest BCUT2D eigenvalue weighted by Crippen LogP contribution is -2.45. The van der Waals surface area contributed by atoms with Crippen molar-refractivity contribution in [1.29, 1.82) is 5.26 Å². The summed E-state index contributed by atoms with van der Waals surface area (Å²) in [6.45, 7) is 3.85. The number of carbonyl (C=O) groups is 2. The second-order valence-corrected chi connectivity index (χ2v) is 6.38. The van der Waals surface area contributed by atoms with E-state index in [1.807, 2.05) is 13.8 Å². The Hall–Kier alpha value is -3.57. The average molecular weight is 374 g/mol. The topological polar surface area (TPSA) is 79.2 Å². The molecule has 0 saturated heterocycles. The van der Waals surface area contributed by atoms with Gasteiger partial charge in [-0.2, -0.15) is 5.26 Å². The fraction of sp³-hybridized carbons (Fsp3) is 0.261. The normalized spacial score (nSPS) is 11.9. The molecular formula is C23H22N2O3. The zero-order valence-electron chi connectivity index (χ0n) is 16.2. The summed E-state index contributed by atoms with van der Waals surface area (Å²) in [5, 5.41) is 11.6. The standard InChI is InChI=1S/C23H22N2O3/c1-4-16(2)21(23(27)28-3)25-22(26)20-13-11-18(12-14-20)6-5-17-7-9-19(15-24)10-8-17/h7-14,16,21H,4H2,1-3H3,(H,25,26)/t16-,21-/m0/s1. The van der Waals surface area contributed by atoms with E-state index in [9.17, 15) is 9.59 Å². The molecule has 2 rings (SSSR count). The number of benzene rings is 2. The Bertz CT molecular complexity index is 929. The van der Waals surface area contributed by atoms with Crippen LogP contribution in [-0.2, 0) is 9.53 Å². The highest BCUT2D eigenvalue weighted by atomic mass is 16.5. The average Bonchev–Trinajstić information content (AvgIpc) is 2.75. The molecule has 0 bridgehead atoms. The number of carbonyl (C=O) groups excluding carboxylic acids is 2. The highest BCUT2D eigenvalue weighted by molar-refractivity contribution is 5.96. The SMILES string of the molecule is CC[C@H](C)[C@H](NC(=O)c1ccc(C#Cc2ccc(C#N)cc2)cc1)C(=O)OC. The number of hydrogen-bond acceptors (Lipinski definition) is 4. The van der Waals surface area contributed by atoms with Gasteiger partial charge in [0.2, 0.25) is 0 Å². The van der Waals surface area contributed by atoms with E-state index in [0.717, 1.165) is 17.5 Å².